The summed E-state index contributed by atoms with van der Waals surface area (Å²) in [5.41, 5.74) is 3.70. The topological polar surface area (TPSA) is 94.8 Å². The van der Waals surface area contributed by atoms with Crippen molar-refractivity contribution in [1.29, 1.82) is 0 Å². The number of anilines is 1. The van der Waals surface area contributed by atoms with Crippen LogP contribution in [0.2, 0.25) is 0 Å². The van der Waals surface area contributed by atoms with Crippen molar-refractivity contribution < 1.29 is 23.5 Å². The Labute approximate surface area is 179 Å². The van der Waals surface area contributed by atoms with Crippen molar-refractivity contribution in [2.75, 3.05) is 18.5 Å². The van der Waals surface area contributed by atoms with Gasteiger partial charge in [-0.05, 0) is 75.1 Å². The summed E-state index contributed by atoms with van der Waals surface area (Å²) in [6.45, 7) is 3.65. The lowest BCUT2D eigenvalue weighted by atomic mass is 10.0. The number of nitrogens with one attached hydrogen (secondary N) is 1. The summed E-state index contributed by atoms with van der Waals surface area (Å²) in [7, 11) is 0. The van der Waals surface area contributed by atoms with Crippen LogP contribution in [-0.4, -0.2) is 25.1 Å². The number of fused-ring (bicyclic) bond motifs is 3. The summed E-state index contributed by atoms with van der Waals surface area (Å²) >= 11 is 0. The van der Waals surface area contributed by atoms with E-state index in [2.05, 4.69) is 5.32 Å². The zero-order chi connectivity index (χ0) is 22.0. The molecule has 3 aromatic rings. The molecule has 7 nitrogen and oxygen atoms in total. The van der Waals surface area contributed by atoms with Crippen molar-refractivity contribution in [3.8, 4) is 5.75 Å². The van der Waals surface area contributed by atoms with Gasteiger partial charge in [-0.15, -0.1) is 0 Å². The van der Waals surface area contributed by atoms with Crippen molar-refractivity contribution >= 4 is 28.5 Å². The summed E-state index contributed by atoms with van der Waals surface area (Å²) < 4.78 is 16.2. The van der Waals surface area contributed by atoms with Crippen LogP contribution in [0.15, 0.2) is 45.6 Å². The van der Waals surface area contributed by atoms with Gasteiger partial charge in [-0.3, -0.25) is 4.79 Å². The zero-order valence-electron chi connectivity index (χ0n) is 17.4. The lowest BCUT2D eigenvalue weighted by Gasteiger charge is -2.12. The normalized spacial score (nSPS) is 12.5. The molecule has 0 atom stereocenters. The molecule has 0 spiro atoms. The number of carbonyl (C=O) groups is 2. The van der Waals surface area contributed by atoms with Crippen molar-refractivity contribution in [2.24, 2.45) is 0 Å². The molecule has 7 heteroatoms. The molecule has 31 heavy (non-hydrogen) atoms. The van der Waals surface area contributed by atoms with Gasteiger partial charge in [0.25, 0.3) is 5.91 Å². The van der Waals surface area contributed by atoms with Gasteiger partial charge in [-0.2, -0.15) is 0 Å². The van der Waals surface area contributed by atoms with Crippen LogP contribution in [0.3, 0.4) is 0 Å². The predicted molar refractivity (Wildman–Crippen MR) is 116 cm³/mol. The molecule has 1 aliphatic rings. The first kappa shape index (κ1) is 20.7. The SMILES string of the molecule is CCOC(=O)c1ccc(NC(=O)COc2ccc3c4c(c(=O)oc3c2C)CCC4)cc1. The number of rotatable bonds is 6. The Kier molecular flexibility index (Phi) is 5.75. The van der Waals surface area contributed by atoms with E-state index in [1.165, 1.54) is 0 Å². The van der Waals surface area contributed by atoms with Crippen molar-refractivity contribution in [3.63, 3.8) is 0 Å². The maximum atomic E-state index is 12.3. The smallest absolute Gasteiger partial charge is 0.339 e. The lowest BCUT2D eigenvalue weighted by molar-refractivity contribution is -0.118. The summed E-state index contributed by atoms with van der Waals surface area (Å²) in [5.74, 6) is -0.270. The molecule has 1 heterocycles. The number of carbonyl (C=O) groups excluding carboxylic acids is 2. The number of hydrogen-bond donors (Lipinski definition) is 1. The Morgan fingerprint density at radius 1 is 1.06 bits per heavy atom. The molecule has 1 aliphatic carbocycles. The third-order valence-corrected chi connectivity index (χ3v) is 5.38. The van der Waals surface area contributed by atoms with Crippen molar-refractivity contribution in [3.05, 3.63) is 69.1 Å². The van der Waals surface area contributed by atoms with Crippen LogP contribution < -0.4 is 15.7 Å². The molecule has 0 radical (unpaired) electrons. The molecule has 1 N–H and O–H groups in total. The standard InChI is InChI=1S/C24H23NO6/c1-3-29-23(27)15-7-9-16(10-8-15)25-21(26)13-30-20-12-11-18-17-5-4-6-19(17)24(28)31-22(18)14(20)2/h7-12H,3-6,13H2,1-2H3,(H,25,26). The van der Waals surface area contributed by atoms with E-state index >= 15 is 0 Å². The Morgan fingerprint density at radius 3 is 2.55 bits per heavy atom. The van der Waals surface area contributed by atoms with E-state index in [1.54, 1.807) is 37.3 Å². The van der Waals surface area contributed by atoms with Crippen LogP contribution in [0.5, 0.6) is 5.75 Å². The fourth-order valence-corrected chi connectivity index (χ4v) is 3.86. The van der Waals surface area contributed by atoms with Gasteiger partial charge in [0, 0.05) is 22.2 Å². The molecule has 0 saturated heterocycles. The summed E-state index contributed by atoms with van der Waals surface area (Å²) in [5, 5.41) is 3.65. The van der Waals surface area contributed by atoms with Gasteiger partial charge in [-0.1, -0.05) is 0 Å². The first-order valence-corrected chi connectivity index (χ1v) is 10.3. The zero-order valence-corrected chi connectivity index (χ0v) is 17.4. The van der Waals surface area contributed by atoms with Gasteiger partial charge in [0.2, 0.25) is 0 Å². The number of hydrogen-bond acceptors (Lipinski definition) is 6. The van der Waals surface area contributed by atoms with Gasteiger partial charge >= 0.3 is 11.6 Å². The minimum atomic E-state index is -0.409. The summed E-state index contributed by atoms with van der Waals surface area (Å²) in [6.07, 6.45) is 2.58. The molecule has 0 fully saturated rings. The van der Waals surface area contributed by atoms with Gasteiger partial charge < -0.3 is 19.2 Å². The number of ether oxygens (including phenoxy) is 2. The quantitative estimate of drug-likeness (QED) is 0.481. The fraction of sp³-hybridized carbons (Fsp3) is 0.292. The van der Waals surface area contributed by atoms with Crippen LogP contribution in [0.25, 0.3) is 11.0 Å². The van der Waals surface area contributed by atoms with Crippen LogP contribution in [0, 0.1) is 6.92 Å². The van der Waals surface area contributed by atoms with E-state index < -0.39 is 5.97 Å². The first-order valence-electron chi connectivity index (χ1n) is 10.3. The molecule has 4 rings (SSSR count). The number of amides is 1. The minimum Gasteiger partial charge on any atom is -0.483 e. The van der Waals surface area contributed by atoms with E-state index in [1.807, 2.05) is 13.0 Å². The molecule has 1 aromatic heterocycles. The largest absolute Gasteiger partial charge is 0.483 e. The van der Waals surface area contributed by atoms with Gasteiger partial charge in [0.05, 0.1) is 12.2 Å². The highest BCUT2D eigenvalue weighted by Crippen LogP contribution is 2.33. The van der Waals surface area contributed by atoms with Gasteiger partial charge in [0.15, 0.2) is 6.61 Å². The van der Waals surface area contributed by atoms with Crippen LogP contribution in [0.1, 0.15) is 40.4 Å². The van der Waals surface area contributed by atoms with Gasteiger partial charge in [-0.25, -0.2) is 9.59 Å². The highest BCUT2D eigenvalue weighted by Gasteiger charge is 2.21. The fourth-order valence-electron chi connectivity index (χ4n) is 3.86. The van der Waals surface area contributed by atoms with E-state index in [0.29, 0.717) is 34.8 Å². The van der Waals surface area contributed by atoms with Crippen molar-refractivity contribution in [1.82, 2.24) is 0 Å². The maximum absolute atomic E-state index is 12.3. The lowest BCUT2D eigenvalue weighted by Crippen LogP contribution is -2.20. The van der Waals surface area contributed by atoms with E-state index in [-0.39, 0.29) is 18.1 Å². The molecule has 2 aromatic carbocycles. The first-order chi connectivity index (χ1) is 15.0. The van der Waals surface area contributed by atoms with Gasteiger partial charge in [0.1, 0.15) is 11.3 Å². The van der Waals surface area contributed by atoms with Crippen LogP contribution in [0.4, 0.5) is 5.69 Å². The molecule has 1 amide bonds. The second kappa shape index (κ2) is 8.63. The second-order valence-corrected chi connectivity index (χ2v) is 7.40. The summed E-state index contributed by atoms with van der Waals surface area (Å²) in [4.78, 5) is 36.2. The summed E-state index contributed by atoms with van der Waals surface area (Å²) in [6, 6.07) is 10.1. The average Bonchev–Trinajstić information content (AvgIpc) is 3.25. The van der Waals surface area contributed by atoms with E-state index in [9.17, 15) is 14.4 Å². The monoisotopic (exact) mass is 421 g/mol. The molecule has 0 unspecified atom stereocenters. The van der Waals surface area contributed by atoms with Crippen LogP contribution in [-0.2, 0) is 22.4 Å². The average molecular weight is 421 g/mol. The Balaban J connectivity index is 1.44. The maximum Gasteiger partial charge on any atom is 0.339 e. The molecule has 160 valence electrons. The molecule has 0 bridgehead atoms. The van der Waals surface area contributed by atoms with E-state index in [4.69, 9.17) is 13.9 Å². The Bertz CT molecular complexity index is 1210. The second-order valence-electron chi connectivity index (χ2n) is 7.40. The third kappa shape index (κ3) is 4.17. The van der Waals surface area contributed by atoms with Crippen molar-refractivity contribution in [2.45, 2.75) is 33.1 Å². The Hall–Kier alpha value is -3.61. The Morgan fingerprint density at radius 2 is 1.81 bits per heavy atom. The molecule has 0 saturated carbocycles. The predicted octanol–water partition coefficient (Wildman–Crippen LogP) is 3.78. The molecular formula is C24H23NO6. The molecular weight excluding hydrogens is 398 g/mol. The van der Waals surface area contributed by atoms with Crippen LogP contribution >= 0.6 is 0 Å². The third-order valence-electron chi connectivity index (χ3n) is 5.38. The number of aryl methyl sites for hydroxylation is 2. The highest BCUT2D eigenvalue weighted by molar-refractivity contribution is 5.94. The number of esters is 1. The number of benzene rings is 2. The van der Waals surface area contributed by atoms with E-state index in [0.717, 1.165) is 35.8 Å². The molecule has 0 aliphatic heterocycles. The minimum absolute atomic E-state index is 0.207. The highest BCUT2D eigenvalue weighted by atomic mass is 16.5.